The van der Waals surface area contributed by atoms with Crippen LogP contribution in [0.3, 0.4) is 0 Å². The van der Waals surface area contributed by atoms with Gasteiger partial charge in [-0.1, -0.05) is 18.2 Å². The summed E-state index contributed by atoms with van der Waals surface area (Å²) in [5.74, 6) is 0.130. The van der Waals surface area contributed by atoms with E-state index in [1.165, 1.54) is 12.7 Å². The number of hydrogen-bond acceptors (Lipinski definition) is 4. The number of benzene rings is 2. The van der Waals surface area contributed by atoms with Crippen molar-refractivity contribution in [2.75, 3.05) is 25.2 Å². The van der Waals surface area contributed by atoms with E-state index in [0.717, 1.165) is 18.5 Å². The van der Waals surface area contributed by atoms with Gasteiger partial charge in [0, 0.05) is 23.2 Å². The van der Waals surface area contributed by atoms with Gasteiger partial charge in [0.2, 0.25) is 0 Å². The van der Waals surface area contributed by atoms with Crippen molar-refractivity contribution in [3.63, 3.8) is 0 Å². The zero-order valence-electron chi connectivity index (χ0n) is 14.5. The number of primary amides is 1. The Morgan fingerprint density at radius 1 is 1.15 bits per heavy atom. The number of methoxy groups -OCH3 is 1. The van der Waals surface area contributed by atoms with Crippen molar-refractivity contribution >= 4 is 17.5 Å². The summed E-state index contributed by atoms with van der Waals surface area (Å²) in [6, 6.07) is 13.1. The molecule has 2 amide bonds. The van der Waals surface area contributed by atoms with Gasteiger partial charge in [-0.15, -0.1) is 0 Å². The molecule has 0 unspecified atom stereocenters. The molecule has 2 aromatic rings. The summed E-state index contributed by atoms with van der Waals surface area (Å²) >= 11 is 0. The number of rotatable bonds is 5. The molecular formula is C20H20N2O4. The predicted molar refractivity (Wildman–Crippen MR) is 96.7 cm³/mol. The Morgan fingerprint density at radius 3 is 2.62 bits per heavy atom. The first-order valence-electron chi connectivity index (χ1n) is 8.55. The van der Waals surface area contributed by atoms with Gasteiger partial charge in [0.1, 0.15) is 0 Å². The second-order valence-electron chi connectivity index (χ2n) is 6.81. The highest BCUT2D eigenvalue weighted by atomic mass is 16.5. The van der Waals surface area contributed by atoms with Gasteiger partial charge in [0.15, 0.2) is 18.1 Å². The molecule has 0 aromatic heterocycles. The van der Waals surface area contributed by atoms with Crippen molar-refractivity contribution in [2.45, 2.75) is 18.3 Å². The smallest absolute Gasteiger partial charge is 0.258 e. The van der Waals surface area contributed by atoms with Crippen LogP contribution in [0.15, 0.2) is 42.5 Å². The molecule has 1 aliphatic heterocycles. The minimum atomic E-state index is -0.574. The topological polar surface area (TPSA) is 81.9 Å². The van der Waals surface area contributed by atoms with E-state index in [0.29, 0.717) is 23.6 Å². The summed E-state index contributed by atoms with van der Waals surface area (Å²) in [4.78, 5) is 25.9. The van der Waals surface area contributed by atoms with Crippen LogP contribution >= 0.6 is 0 Å². The van der Waals surface area contributed by atoms with Crippen LogP contribution in [0.4, 0.5) is 5.69 Å². The quantitative estimate of drug-likeness (QED) is 0.895. The lowest BCUT2D eigenvalue weighted by atomic mass is 9.99. The molecule has 0 atom stereocenters. The highest BCUT2D eigenvalue weighted by molar-refractivity contribution is 6.08. The number of fused-ring (bicyclic) bond motifs is 2. The number of nitrogens with two attached hydrogens (primary N) is 1. The lowest BCUT2D eigenvalue weighted by molar-refractivity contribution is -0.119. The molecule has 4 rings (SSSR count). The van der Waals surface area contributed by atoms with Gasteiger partial charge in [-0.2, -0.15) is 0 Å². The lowest BCUT2D eigenvalue weighted by Gasteiger charge is -2.19. The van der Waals surface area contributed by atoms with Crippen molar-refractivity contribution in [3.05, 3.63) is 53.6 Å². The molecule has 0 saturated heterocycles. The van der Waals surface area contributed by atoms with E-state index in [1.807, 2.05) is 23.1 Å². The van der Waals surface area contributed by atoms with Crippen LogP contribution in [0, 0.1) is 0 Å². The maximum absolute atomic E-state index is 13.1. The molecule has 2 N–H and O–H groups in total. The molecule has 0 radical (unpaired) electrons. The normalized spacial score (nSPS) is 16.3. The van der Waals surface area contributed by atoms with Crippen LogP contribution in [0.5, 0.6) is 11.5 Å². The minimum Gasteiger partial charge on any atom is -0.493 e. The van der Waals surface area contributed by atoms with E-state index >= 15 is 0 Å². The summed E-state index contributed by atoms with van der Waals surface area (Å²) in [7, 11) is 1.49. The Hall–Kier alpha value is -3.02. The van der Waals surface area contributed by atoms with Crippen LogP contribution in [0.2, 0.25) is 0 Å². The number of carbonyl (C=O) groups excluding carboxylic acids is 2. The first kappa shape index (κ1) is 16.4. The molecule has 26 heavy (non-hydrogen) atoms. The van der Waals surface area contributed by atoms with E-state index in [2.05, 4.69) is 6.07 Å². The number of para-hydroxylation sites is 1. The van der Waals surface area contributed by atoms with E-state index in [4.69, 9.17) is 15.2 Å². The number of amides is 2. The number of carbonyl (C=O) groups is 2. The first-order chi connectivity index (χ1) is 12.5. The molecule has 134 valence electrons. The fraction of sp³-hybridized carbons (Fsp3) is 0.300. The molecule has 1 aliphatic carbocycles. The van der Waals surface area contributed by atoms with Crippen LogP contribution in [0.1, 0.15) is 28.8 Å². The average Bonchev–Trinajstić information content (AvgIpc) is 3.36. The highest BCUT2D eigenvalue weighted by Crippen LogP contribution is 2.56. The Labute approximate surface area is 151 Å². The van der Waals surface area contributed by atoms with Gasteiger partial charge in [0.25, 0.3) is 11.8 Å². The largest absolute Gasteiger partial charge is 0.493 e. The lowest BCUT2D eigenvalue weighted by Crippen LogP contribution is -2.31. The predicted octanol–water partition coefficient (Wildman–Crippen LogP) is 2.25. The SMILES string of the molecule is COc1cc(C(=O)N2CC3(CC3)c3ccccc32)ccc1OCC(N)=O. The summed E-state index contributed by atoms with van der Waals surface area (Å²) < 4.78 is 10.6. The van der Waals surface area contributed by atoms with Crippen LogP contribution < -0.4 is 20.1 Å². The number of ether oxygens (including phenoxy) is 2. The van der Waals surface area contributed by atoms with Crippen molar-refractivity contribution < 1.29 is 19.1 Å². The second-order valence-corrected chi connectivity index (χ2v) is 6.81. The molecule has 6 heteroatoms. The third-order valence-electron chi connectivity index (χ3n) is 5.11. The molecule has 1 fully saturated rings. The molecule has 1 saturated carbocycles. The number of hydrogen-bond donors (Lipinski definition) is 1. The minimum absolute atomic E-state index is 0.0685. The second kappa shape index (κ2) is 6.05. The third-order valence-corrected chi connectivity index (χ3v) is 5.11. The summed E-state index contributed by atoms with van der Waals surface area (Å²) in [6.45, 7) is 0.471. The number of anilines is 1. The van der Waals surface area contributed by atoms with E-state index in [1.54, 1.807) is 18.2 Å². The van der Waals surface area contributed by atoms with Gasteiger partial charge in [-0.05, 0) is 42.7 Å². The van der Waals surface area contributed by atoms with Crippen LogP contribution in [-0.2, 0) is 10.2 Å². The van der Waals surface area contributed by atoms with Crippen LogP contribution in [0.25, 0.3) is 0 Å². The molecule has 6 nitrogen and oxygen atoms in total. The maximum Gasteiger partial charge on any atom is 0.258 e. The first-order valence-corrected chi connectivity index (χ1v) is 8.55. The standard InChI is InChI=1S/C20H20N2O4/c1-25-17-10-13(6-7-16(17)26-11-18(21)23)19(24)22-12-20(8-9-20)14-4-2-3-5-15(14)22/h2-7,10H,8-9,11-12H2,1H3,(H2,21,23). The average molecular weight is 352 g/mol. The molecular weight excluding hydrogens is 332 g/mol. The van der Waals surface area contributed by atoms with E-state index < -0.39 is 5.91 Å². The van der Waals surface area contributed by atoms with Gasteiger partial charge in [-0.3, -0.25) is 9.59 Å². The number of nitrogens with zero attached hydrogens (tertiary/aromatic N) is 1. The zero-order valence-corrected chi connectivity index (χ0v) is 14.5. The Balaban J connectivity index is 1.62. The van der Waals surface area contributed by atoms with Crippen LogP contribution in [-0.4, -0.2) is 32.1 Å². The highest BCUT2D eigenvalue weighted by Gasteiger charge is 2.52. The van der Waals surface area contributed by atoms with Crippen molar-refractivity contribution in [1.82, 2.24) is 0 Å². The Bertz CT molecular complexity index is 889. The summed E-state index contributed by atoms with van der Waals surface area (Å²) in [5.41, 5.74) is 8.01. The molecule has 2 aromatic carbocycles. The van der Waals surface area contributed by atoms with Gasteiger partial charge in [0.05, 0.1) is 7.11 Å². The van der Waals surface area contributed by atoms with E-state index in [-0.39, 0.29) is 17.9 Å². The maximum atomic E-state index is 13.1. The molecule has 0 bridgehead atoms. The Morgan fingerprint density at radius 2 is 1.92 bits per heavy atom. The third kappa shape index (κ3) is 2.67. The monoisotopic (exact) mass is 352 g/mol. The fourth-order valence-corrected chi connectivity index (χ4v) is 3.61. The van der Waals surface area contributed by atoms with Gasteiger partial charge < -0.3 is 20.1 Å². The molecule has 1 heterocycles. The molecule has 2 aliphatic rings. The van der Waals surface area contributed by atoms with Gasteiger partial charge in [-0.25, -0.2) is 0 Å². The van der Waals surface area contributed by atoms with Crippen molar-refractivity contribution in [2.24, 2.45) is 5.73 Å². The van der Waals surface area contributed by atoms with E-state index in [9.17, 15) is 9.59 Å². The molecule has 1 spiro atoms. The fourth-order valence-electron chi connectivity index (χ4n) is 3.61. The van der Waals surface area contributed by atoms with Crippen molar-refractivity contribution in [1.29, 1.82) is 0 Å². The summed E-state index contributed by atoms with van der Waals surface area (Å²) in [5, 5.41) is 0. The zero-order chi connectivity index (χ0) is 18.3. The van der Waals surface area contributed by atoms with Crippen molar-refractivity contribution in [3.8, 4) is 11.5 Å². The summed E-state index contributed by atoms with van der Waals surface area (Å²) in [6.07, 6.45) is 2.24. The van der Waals surface area contributed by atoms with Gasteiger partial charge >= 0.3 is 0 Å². The Kier molecular flexibility index (Phi) is 3.83.